The van der Waals surface area contributed by atoms with Gasteiger partial charge in [-0.1, -0.05) is 18.2 Å². The standard InChI is InChI=1S/C22H25FN2O3S/c1-15-7-10-20(29(27,28)24-18-8-9-18)14-21(15)22(26)25-11-3-6-19(25)13-16-4-2-5-17(23)12-16/h2,4-5,7,10,12,14,18-19,24H,3,6,8-9,11,13H2,1H3. The Bertz CT molecular complexity index is 1030. The normalized spacial score (nSPS) is 19.5. The van der Waals surface area contributed by atoms with E-state index in [9.17, 15) is 17.6 Å². The van der Waals surface area contributed by atoms with E-state index in [0.717, 1.165) is 36.8 Å². The highest BCUT2D eigenvalue weighted by molar-refractivity contribution is 7.89. The Balaban J connectivity index is 1.57. The maximum absolute atomic E-state index is 13.5. The van der Waals surface area contributed by atoms with Gasteiger partial charge in [-0.25, -0.2) is 17.5 Å². The second kappa shape index (κ2) is 7.88. The number of rotatable bonds is 6. The summed E-state index contributed by atoms with van der Waals surface area (Å²) in [6.07, 6.45) is 4.02. The number of hydrogen-bond donors (Lipinski definition) is 1. The van der Waals surface area contributed by atoms with Crippen LogP contribution in [-0.4, -0.2) is 37.9 Å². The molecule has 29 heavy (non-hydrogen) atoms. The summed E-state index contributed by atoms with van der Waals surface area (Å²) in [5, 5.41) is 0. The Kier molecular flexibility index (Phi) is 5.44. The molecule has 0 radical (unpaired) electrons. The van der Waals surface area contributed by atoms with Gasteiger partial charge in [-0.15, -0.1) is 0 Å². The van der Waals surface area contributed by atoms with Crippen LogP contribution in [0.5, 0.6) is 0 Å². The average Bonchev–Trinajstić information content (AvgIpc) is 3.35. The van der Waals surface area contributed by atoms with Crippen molar-refractivity contribution in [3.63, 3.8) is 0 Å². The molecule has 2 aromatic rings. The lowest BCUT2D eigenvalue weighted by Crippen LogP contribution is -2.37. The zero-order chi connectivity index (χ0) is 20.6. The van der Waals surface area contributed by atoms with Crippen molar-refractivity contribution in [1.29, 1.82) is 0 Å². The third kappa shape index (κ3) is 4.51. The molecule has 2 aliphatic rings. The van der Waals surface area contributed by atoms with Gasteiger partial charge in [0.15, 0.2) is 0 Å². The molecule has 1 atom stereocenters. The maximum atomic E-state index is 13.5. The molecule has 0 aromatic heterocycles. The fraction of sp³-hybridized carbons (Fsp3) is 0.409. The second-order valence-corrected chi connectivity index (χ2v) is 9.71. The van der Waals surface area contributed by atoms with Gasteiger partial charge in [-0.3, -0.25) is 4.79 Å². The summed E-state index contributed by atoms with van der Waals surface area (Å²) >= 11 is 0. The summed E-state index contributed by atoms with van der Waals surface area (Å²) in [7, 11) is -3.62. The van der Waals surface area contributed by atoms with E-state index in [1.807, 2.05) is 13.0 Å². The lowest BCUT2D eigenvalue weighted by Gasteiger charge is -2.26. The first-order valence-electron chi connectivity index (χ1n) is 10.0. The average molecular weight is 417 g/mol. The Morgan fingerprint density at radius 1 is 1.17 bits per heavy atom. The number of aryl methyl sites for hydroxylation is 1. The number of amides is 1. The summed E-state index contributed by atoms with van der Waals surface area (Å²) in [6.45, 7) is 2.44. The van der Waals surface area contributed by atoms with Crippen LogP contribution in [0.15, 0.2) is 47.4 Å². The molecule has 1 aliphatic carbocycles. The Morgan fingerprint density at radius 2 is 1.97 bits per heavy atom. The molecule has 2 aromatic carbocycles. The van der Waals surface area contributed by atoms with E-state index in [2.05, 4.69) is 4.72 Å². The summed E-state index contributed by atoms with van der Waals surface area (Å²) in [5.74, 6) is -0.444. The van der Waals surface area contributed by atoms with E-state index >= 15 is 0 Å². The van der Waals surface area contributed by atoms with Gasteiger partial charge in [-0.05, 0) is 74.4 Å². The number of carbonyl (C=O) groups is 1. The van der Waals surface area contributed by atoms with Crippen molar-refractivity contribution in [3.05, 3.63) is 65.0 Å². The smallest absolute Gasteiger partial charge is 0.254 e. The van der Waals surface area contributed by atoms with Crippen molar-refractivity contribution in [2.45, 2.75) is 56.0 Å². The summed E-state index contributed by atoms with van der Waals surface area (Å²) in [5.41, 5.74) is 2.02. The molecule has 1 amide bonds. The zero-order valence-electron chi connectivity index (χ0n) is 16.4. The van der Waals surface area contributed by atoms with E-state index in [0.29, 0.717) is 18.5 Å². The van der Waals surface area contributed by atoms with Gasteiger partial charge in [0.1, 0.15) is 5.82 Å². The number of sulfonamides is 1. The first-order chi connectivity index (χ1) is 13.8. The van der Waals surface area contributed by atoms with Crippen LogP contribution in [0.3, 0.4) is 0 Å². The number of hydrogen-bond acceptors (Lipinski definition) is 3. The number of benzene rings is 2. The molecular weight excluding hydrogens is 391 g/mol. The first kappa shape index (κ1) is 20.0. The summed E-state index contributed by atoms with van der Waals surface area (Å²) < 4.78 is 41.3. The molecule has 154 valence electrons. The van der Waals surface area contributed by atoms with Crippen LogP contribution in [0.4, 0.5) is 4.39 Å². The zero-order valence-corrected chi connectivity index (χ0v) is 17.2. The molecule has 0 spiro atoms. The fourth-order valence-corrected chi connectivity index (χ4v) is 5.22. The van der Waals surface area contributed by atoms with Crippen LogP contribution in [0, 0.1) is 12.7 Å². The molecule has 1 unspecified atom stereocenters. The minimum absolute atomic E-state index is 0.00897. The first-order valence-corrected chi connectivity index (χ1v) is 11.5. The topological polar surface area (TPSA) is 66.5 Å². The number of halogens is 1. The van der Waals surface area contributed by atoms with E-state index in [1.165, 1.54) is 18.2 Å². The molecular formula is C22H25FN2O3S. The second-order valence-electron chi connectivity index (χ2n) is 8.00. The number of nitrogens with zero attached hydrogens (tertiary/aromatic N) is 1. The molecule has 7 heteroatoms. The van der Waals surface area contributed by atoms with E-state index in [1.54, 1.807) is 23.1 Å². The van der Waals surface area contributed by atoms with Crippen LogP contribution in [0.25, 0.3) is 0 Å². The third-order valence-corrected chi connectivity index (χ3v) is 7.17. The van der Waals surface area contributed by atoms with Crippen molar-refractivity contribution < 1.29 is 17.6 Å². The van der Waals surface area contributed by atoms with Crippen molar-refractivity contribution in [2.75, 3.05) is 6.54 Å². The minimum atomic E-state index is -3.62. The molecule has 0 bridgehead atoms. The summed E-state index contributed by atoms with van der Waals surface area (Å²) in [6, 6.07) is 11.2. The lowest BCUT2D eigenvalue weighted by atomic mass is 10.0. The van der Waals surface area contributed by atoms with E-state index in [-0.39, 0.29) is 28.7 Å². The van der Waals surface area contributed by atoms with E-state index in [4.69, 9.17) is 0 Å². The Hall–Kier alpha value is -2.25. The summed E-state index contributed by atoms with van der Waals surface area (Å²) in [4.78, 5) is 15.2. The van der Waals surface area contributed by atoms with Gasteiger partial charge in [-0.2, -0.15) is 0 Å². The van der Waals surface area contributed by atoms with Crippen molar-refractivity contribution >= 4 is 15.9 Å². The van der Waals surface area contributed by atoms with Crippen molar-refractivity contribution in [1.82, 2.24) is 9.62 Å². The van der Waals surface area contributed by atoms with Crippen LogP contribution >= 0.6 is 0 Å². The maximum Gasteiger partial charge on any atom is 0.254 e. The third-order valence-electron chi connectivity index (χ3n) is 5.65. The van der Waals surface area contributed by atoms with Crippen LogP contribution in [-0.2, 0) is 16.4 Å². The van der Waals surface area contributed by atoms with Crippen LogP contribution in [0.2, 0.25) is 0 Å². The molecule has 2 fully saturated rings. The van der Waals surface area contributed by atoms with Gasteiger partial charge in [0, 0.05) is 24.2 Å². The number of likely N-dealkylation sites (tertiary alicyclic amines) is 1. The van der Waals surface area contributed by atoms with Gasteiger partial charge in [0.05, 0.1) is 4.90 Å². The highest BCUT2D eigenvalue weighted by Gasteiger charge is 2.32. The monoisotopic (exact) mass is 416 g/mol. The van der Waals surface area contributed by atoms with E-state index < -0.39 is 10.0 Å². The molecule has 1 saturated heterocycles. The SMILES string of the molecule is Cc1ccc(S(=O)(=O)NC2CC2)cc1C(=O)N1CCCC1Cc1cccc(F)c1. The highest BCUT2D eigenvalue weighted by atomic mass is 32.2. The Labute approximate surface area is 171 Å². The van der Waals surface area contributed by atoms with Crippen molar-refractivity contribution in [2.24, 2.45) is 0 Å². The van der Waals surface area contributed by atoms with Gasteiger partial charge in [0.2, 0.25) is 10.0 Å². The quantitative estimate of drug-likeness (QED) is 0.785. The fourth-order valence-electron chi connectivity index (χ4n) is 3.89. The predicted octanol–water partition coefficient (Wildman–Crippen LogP) is 3.42. The Morgan fingerprint density at radius 3 is 2.69 bits per heavy atom. The predicted molar refractivity (Wildman–Crippen MR) is 109 cm³/mol. The largest absolute Gasteiger partial charge is 0.335 e. The highest BCUT2D eigenvalue weighted by Crippen LogP contribution is 2.27. The lowest BCUT2D eigenvalue weighted by molar-refractivity contribution is 0.0735. The van der Waals surface area contributed by atoms with Crippen molar-refractivity contribution in [3.8, 4) is 0 Å². The number of nitrogens with one attached hydrogen (secondary N) is 1. The van der Waals surface area contributed by atoms with Gasteiger partial charge >= 0.3 is 0 Å². The molecule has 1 N–H and O–H groups in total. The molecule has 1 aliphatic heterocycles. The minimum Gasteiger partial charge on any atom is -0.335 e. The molecule has 1 saturated carbocycles. The number of carbonyl (C=O) groups excluding carboxylic acids is 1. The van der Waals surface area contributed by atoms with Crippen LogP contribution < -0.4 is 4.72 Å². The molecule has 1 heterocycles. The van der Waals surface area contributed by atoms with Gasteiger partial charge < -0.3 is 4.90 Å². The molecule has 4 rings (SSSR count). The molecule has 5 nitrogen and oxygen atoms in total. The van der Waals surface area contributed by atoms with Gasteiger partial charge in [0.25, 0.3) is 5.91 Å². The van der Waals surface area contributed by atoms with Crippen LogP contribution in [0.1, 0.15) is 47.2 Å².